The standard InChI is InChI=1S/C24H26N4O2/c1-14-12-15(2)22(16(3)13-14)28-24(26-23(27-28)17(4)29-5)19-11-10-18-8-7-9-20(30-6)21(18)25-19/h7-13,17H,1-6H3. The number of aryl methyl sites for hydroxylation is 3. The van der Waals surface area contributed by atoms with Crippen molar-refractivity contribution >= 4 is 10.9 Å². The van der Waals surface area contributed by atoms with E-state index in [1.807, 2.05) is 41.9 Å². The molecular weight excluding hydrogens is 376 g/mol. The number of aromatic nitrogens is 4. The number of methoxy groups -OCH3 is 2. The molecular formula is C24H26N4O2. The van der Waals surface area contributed by atoms with Crippen molar-refractivity contribution in [3.8, 4) is 23.0 Å². The number of hydrogen-bond donors (Lipinski definition) is 0. The van der Waals surface area contributed by atoms with E-state index < -0.39 is 0 Å². The molecule has 2 aromatic carbocycles. The lowest BCUT2D eigenvalue weighted by molar-refractivity contribution is 0.112. The van der Waals surface area contributed by atoms with Crippen LogP contribution in [0.1, 0.15) is 35.5 Å². The normalized spacial score (nSPS) is 12.3. The molecule has 0 N–H and O–H groups in total. The first-order valence-electron chi connectivity index (χ1n) is 9.95. The van der Waals surface area contributed by atoms with E-state index in [9.17, 15) is 0 Å². The molecule has 6 nitrogen and oxygen atoms in total. The van der Waals surface area contributed by atoms with Gasteiger partial charge in [-0.1, -0.05) is 35.9 Å². The molecule has 0 fully saturated rings. The van der Waals surface area contributed by atoms with Crippen molar-refractivity contribution < 1.29 is 9.47 Å². The van der Waals surface area contributed by atoms with Crippen molar-refractivity contribution in [1.82, 2.24) is 19.7 Å². The Morgan fingerprint density at radius 2 is 1.67 bits per heavy atom. The van der Waals surface area contributed by atoms with Crippen LogP contribution in [0.3, 0.4) is 0 Å². The van der Waals surface area contributed by atoms with Crippen LogP contribution in [0, 0.1) is 20.8 Å². The van der Waals surface area contributed by atoms with E-state index in [4.69, 9.17) is 24.5 Å². The van der Waals surface area contributed by atoms with E-state index in [1.54, 1.807) is 14.2 Å². The molecule has 1 atom stereocenters. The van der Waals surface area contributed by atoms with Gasteiger partial charge in [-0.3, -0.25) is 0 Å². The van der Waals surface area contributed by atoms with Crippen LogP contribution in [-0.4, -0.2) is 34.0 Å². The quantitative estimate of drug-likeness (QED) is 0.463. The average Bonchev–Trinajstić information content (AvgIpc) is 3.16. The van der Waals surface area contributed by atoms with Crippen LogP contribution in [-0.2, 0) is 4.74 Å². The molecule has 1 unspecified atom stereocenters. The zero-order valence-corrected chi connectivity index (χ0v) is 18.2. The molecule has 4 aromatic rings. The third-order valence-electron chi connectivity index (χ3n) is 5.32. The van der Waals surface area contributed by atoms with Gasteiger partial charge in [0.1, 0.15) is 23.1 Å². The highest BCUT2D eigenvalue weighted by Crippen LogP contribution is 2.30. The van der Waals surface area contributed by atoms with Gasteiger partial charge in [-0.2, -0.15) is 0 Å². The molecule has 0 spiro atoms. The van der Waals surface area contributed by atoms with Crippen molar-refractivity contribution in [2.45, 2.75) is 33.8 Å². The fraction of sp³-hybridized carbons (Fsp3) is 0.292. The van der Waals surface area contributed by atoms with Crippen LogP contribution in [0.4, 0.5) is 0 Å². The first kappa shape index (κ1) is 20.0. The van der Waals surface area contributed by atoms with E-state index >= 15 is 0 Å². The minimum Gasteiger partial charge on any atom is -0.494 e. The highest BCUT2D eigenvalue weighted by molar-refractivity contribution is 5.86. The maximum Gasteiger partial charge on any atom is 0.182 e. The number of para-hydroxylation sites is 1. The number of fused-ring (bicyclic) bond motifs is 1. The van der Waals surface area contributed by atoms with Crippen LogP contribution < -0.4 is 4.74 Å². The second kappa shape index (κ2) is 7.88. The van der Waals surface area contributed by atoms with E-state index in [-0.39, 0.29) is 6.10 Å². The Kier molecular flexibility index (Phi) is 5.26. The largest absolute Gasteiger partial charge is 0.494 e. The number of rotatable bonds is 5. The molecule has 0 bridgehead atoms. The van der Waals surface area contributed by atoms with E-state index in [0.717, 1.165) is 39.2 Å². The number of benzene rings is 2. The number of hydrogen-bond acceptors (Lipinski definition) is 5. The highest BCUT2D eigenvalue weighted by atomic mass is 16.5. The monoisotopic (exact) mass is 402 g/mol. The summed E-state index contributed by atoms with van der Waals surface area (Å²) in [5, 5.41) is 5.82. The Morgan fingerprint density at radius 1 is 0.933 bits per heavy atom. The molecule has 2 aromatic heterocycles. The molecule has 0 saturated carbocycles. The predicted molar refractivity (Wildman–Crippen MR) is 118 cm³/mol. The summed E-state index contributed by atoms with van der Waals surface area (Å²) in [6, 6.07) is 14.2. The fourth-order valence-corrected chi connectivity index (χ4v) is 3.84. The Morgan fingerprint density at radius 3 is 2.33 bits per heavy atom. The van der Waals surface area contributed by atoms with Crippen molar-refractivity contribution in [2.75, 3.05) is 14.2 Å². The topological polar surface area (TPSA) is 62.1 Å². The van der Waals surface area contributed by atoms with Gasteiger partial charge in [-0.15, -0.1) is 5.10 Å². The van der Waals surface area contributed by atoms with E-state index in [0.29, 0.717) is 11.6 Å². The van der Waals surface area contributed by atoms with Gasteiger partial charge in [0.05, 0.1) is 12.8 Å². The molecule has 0 amide bonds. The summed E-state index contributed by atoms with van der Waals surface area (Å²) in [5.74, 6) is 2.03. The van der Waals surface area contributed by atoms with Gasteiger partial charge in [-0.25, -0.2) is 14.6 Å². The predicted octanol–water partition coefficient (Wildman–Crippen LogP) is 5.12. The molecule has 0 saturated heterocycles. The third-order valence-corrected chi connectivity index (χ3v) is 5.32. The molecule has 154 valence electrons. The lowest BCUT2D eigenvalue weighted by Crippen LogP contribution is -2.06. The SMILES string of the molecule is COc1cccc2ccc(-c3nc(C(C)OC)nn3-c3c(C)cc(C)cc3C)nc12. The second-order valence-corrected chi connectivity index (χ2v) is 7.56. The maximum atomic E-state index is 5.52. The summed E-state index contributed by atoms with van der Waals surface area (Å²) in [6.45, 7) is 8.23. The third kappa shape index (κ3) is 3.44. The Hall–Kier alpha value is -3.25. The summed E-state index contributed by atoms with van der Waals surface area (Å²) in [4.78, 5) is 9.71. The van der Waals surface area contributed by atoms with Gasteiger partial charge in [0.2, 0.25) is 0 Å². The first-order valence-corrected chi connectivity index (χ1v) is 9.95. The Bertz CT molecular complexity index is 1210. The van der Waals surface area contributed by atoms with Crippen molar-refractivity contribution in [3.05, 3.63) is 65.0 Å². The lowest BCUT2D eigenvalue weighted by Gasteiger charge is -2.13. The van der Waals surface area contributed by atoms with Crippen LogP contribution in [0.15, 0.2) is 42.5 Å². The van der Waals surface area contributed by atoms with Crippen LogP contribution in [0.5, 0.6) is 5.75 Å². The number of pyridine rings is 1. The van der Waals surface area contributed by atoms with Gasteiger partial charge in [0.25, 0.3) is 0 Å². The van der Waals surface area contributed by atoms with Gasteiger partial charge < -0.3 is 9.47 Å². The minimum atomic E-state index is -0.231. The molecule has 30 heavy (non-hydrogen) atoms. The van der Waals surface area contributed by atoms with Crippen molar-refractivity contribution in [1.29, 1.82) is 0 Å². The summed E-state index contributed by atoms with van der Waals surface area (Å²) in [5.41, 5.74) is 6.02. The zero-order valence-electron chi connectivity index (χ0n) is 18.2. The van der Waals surface area contributed by atoms with Crippen LogP contribution in [0.2, 0.25) is 0 Å². The summed E-state index contributed by atoms with van der Waals surface area (Å²) in [6.07, 6.45) is -0.231. The molecule has 2 heterocycles. The number of ether oxygens (including phenoxy) is 2. The Balaban J connectivity index is 1.98. The summed E-state index contributed by atoms with van der Waals surface area (Å²) < 4.78 is 12.9. The minimum absolute atomic E-state index is 0.231. The van der Waals surface area contributed by atoms with Gasteiger partial charge in [0.15, 0.2) is 11.6 Å². The second-order valence-electron chi connectivity index (χ2n) is 7.56. The highest BCUT2D eigenvalue weighted by Gasteiger charge is 2.21. The van der Waals surface area contributed by atoms with Crippen molar-refractivity contribution in [3.63, 3.8) is 0 Å². The zero-order chi connectivity index (χ0) is 21.4. The maximum absolute atomic E-state index is 5.52. The van der Waals surface area contributed by atoms with E-state index in [2.05, 4.69) is 32.9 Å². The molecule has 0 radical (unpaired) electrons. The molecule has 6 heteroatoms. The average molecular weight is 402 g/mol. The van der Waals surface area contributed by atoms with E-state index in [1.165, 1.54) is 5.56 Å². The smallest absolute Gasteiger partial charge is 0.182 e. The van der Waals surface area contributed by atoms with Crippen molar-refractivity contribution in [2.24, 2.45) is 0 Å². The number of nitrogens with zero attached hydrogens (tertiary/aromatic N) is 4. The van der Waals surface area contributed by atoms with Crippen LogP contribution >= 0.6 is 0 Å². The first-order chi connectivity index (χ1) is 14.4. The van der Waals surface area contributed by atoms with Crippen LogP contribution in [0.25, 0.3) is 28.1 Å². The molecule has 4 rings (SSSR count). The van der Waals surface area contributed by atoms with Gasteiger partial charge >= 0.3 is 0 Å². The lowest BCUT2D eigenvalue weighted by atomic mass is 10.1. The fourth-order valence-electron chi connectivity index (χ4n) is 3.84. The molecule has 0 aliphatic carbocycles. The summed E-state index contributed by atoms with van der Waals surface area (Å²) >= 11 is 0. The molecule has 0 aliphatic rings. The summed E-state index contributed by atoms with van der Waals surface area (Å²) in [7, 11) is 3.32. The van der Waals surface area contributed by atoms with Gasteiger partial charge in [-0.05, 0) is 51.0 Å². The molecule has 0 aliphatic heterocycles. The Labute approximate surface area is 176 Å². The van der Waals surface area contributed by atoms with Gasteiger partial charge in [0, 0.05) is 12.5 Å².